The number of amides is 1. The molecule has 31 heavy (non-hydrogen) atoms. The number of ether oxygens (including phenoxy) is 1. The maximum Gasteiger partial charge on any atom is 0.280 e. The number of hydrogen-bond donors (Lipinski definition) is 1. The molecule has 0 saturated carbocycles. The molecule has 1 aromatic heterocycles. The topological polar surface area (TPSA) is 56.2 Å². The molecule has 4 rings (SSSR count). The van der Waals surface area contributed by atoms with Gasteiger partial charge in [-0.3, -0.25) is 4.79 Å². The minimum atomic E-state index is -0.436. The molecule has 3 aromatic carbocycles. The quantitative estimate of drug-likeness (QED) is 0.416. The number of hydrogen-bond acceptors (Lipinski definition) is 3. The highest BCUT2D eigenvalue weighted by Crippen LogP contribution is 2.25. The largest absolute Gasteiger partial charge is 0.485 e. The Morgan fingerprint density at radius 1 is 1.10 bits per heavy atom. The number of halogens is 2. The van der Waals surface area contributed by atoms with Crippen LogP contribution >= 0.6 is 11.6 Å². The molecule has 1 amide bonds. The second-order valence-corrected chi connectivity index (χ2v) is 7.39. The Morgan fingerprint density at radius 3 is 2.58 bits per heavy atom. The van der Waals surface area contributed by atoms with Crippen molar-refractivity contribution in [2.45, 2.75) is 13.5 Å². The number of nitrogens with zero attached hydrogens (tertiary/aromatic N) is 2. The monoisotopic (exact) mass is 435 g/mol. The van der Waals surface area contributed by atoms with Gasteiger partial charge in [0, 0.05) is 10.7 Å². The van der Waals surface area contributed by atoms with Gasteiger partial charge in [-0.25, -0.2) is 9.07 Å². The molecule has 0 aliphatic rings. The number of benzene rings is 3. The van der Waals surface area contributed by atoms with Crippen LogP contribution in [0.3, 0.4) is 0 Å². The van der Waals surface area contributed by atoms with Gasteiger partial charge in [-0.05, 0) is 54.4 Å². The number of aryl methyl sites for hydroxylation is 1. The molecule has 0 aliphatic carbocycles. The van der Waals surface area contributed by atoms with Crippen LogP contribution < -0.4 is 10.1 Å². The lowest BCUT2D eigenvalue weighted by Gasteiger charge is -2.09. The highest BCUT2D eigenvalue weighted by Gasteiger charge is 2.20. The molecule has 0 saturated heterocycles. The van der Waals surface area contributed by atoms with Crippen molar-refractivity contribution in [3.8, 4) is 11.4 Å². The van der Waals surface area contributed by atoms with Crippen molar-refractivity contribution in [3.05, 3.63) is 107 Å². The van der Waals surface area contributed by atoms with Crippen LogP contribution in [0.25, 0.3) is 5.69 Å². The minimum Gasteiger partial charge on any atom is -0.485 e. The van der Waals surface area contributed by atoms with E-state index in [0.717, 1.165) is 11.1 Å². The molecule has 0 fully saturated rings. The number of carbonyl (C=O) groups excluding carboxylic acids is 1. The number of anilines is 1. The summed E-state index contributed by atoms with van der Waals surface area (Å²) >= 11 is 6.07. The average molecular weight is 436 g/mol. The van der Waals surface area contributed by atoms with Crippen molar-refractivity contribution < 1.29 is 13.9 Å². The summed E-state index contributed by atoms with van der Waals surface area (Å²) < 4.78 is 20.7. The van der Waals surface area contributed by atoms with Gasteiger partial charge in [0.05, 0.1) is 11.9 Å². The molecule has 7 heteroatoms. The lowest BCUT2D eigenvalue weighted by molar-refractivity contribution is 0.101. The van der Waals surface area contributed by atoms with Crippen molar-refractivity contribution in [1.29, 1.82) is 0 Å². The average Bonchev–Trinajstić information content (AvgIpc) is 3.20. The lowest BCUT2D eigenvalue weighted by Crippen LogP contribution is -2.15. The Hall–Kier alpha value is -3.64. The zero-order chi connectivity index (χ0) is 21.8. The van der Waals surface area contributed by atoms with Gasteiger partial charge in [-0.2, -0.15) is 5.10 Å². The maximum atomic E-state index is 13.3. The molecule has 4 aromatic rings. The number of nitrogens with one attached hydrogen (secondary N) is 1. The molecule has 0 spiro atoms. The number of rotatable bonds is 6. The van der Waals surface area contributed by atoms with Gasteiger partial charge in [0.2, 0.25) is 0 Å². The Balaban J connectivity index is 1.65. The lowest BCUT2D eigenvalue weighted by atomic mass is 10.2. The van der Waals surface area contributed by atoms with Crippen LogP contribution in [0.4, 0.5) is 10.1 Å². The third-order valence-electron chi connectivity index (χ3n) is 4.67. The number of carbonyl (C=O) groups is 1. The standard InChI is InChI=1S/C24H19ClFN3O2/c1-16-7-8-18(25)13-21(16)27-24(30)23-22(31-15-17-5-3-2-4-6-17)14-29(28-23)20-11-9-19(26)10-12-20/h2-14H,15H2,1H3,(H,27,30). The van der Waals surface area contributed by atoms with Crippen LogP contribution in [-0.4, -0.2) is 15.7 Å². The second kappa shape index (κ2) is 9.02. The van der Waals surface area contributed by atoms with Gasteiger partial charge in [-0.15, -0.1) is 0 Å². The van der Waals surface area contributed by atoms with Crippen molar-refractivity contribution in [3.63, 3.8) is 0 Å². The fourth-order valence-corrected chi connectivity index (χ4v) is 3.16. The van der Waals surface area contributed by atoms with E-state index < -0.39 is 5.91 Å². The third-order valence-corrected chi connectivity index (χ3v) is 4.91. The first-order chi connectivity index (χ1) is 15.0. The highest BCUT2D eigenvalue weighted by molar-refractivity contribution is 6.31. The fraction of sp³-hybridized carbons (Fsp3) is 0.0833. The first-order valence-electron chi connectivity index (χ1n) is 9.59. The van der Waals surface area contributed by atoms with E-state index in [0.29, 0.717) is 22.1 Å². The molecule has 0 unspecified atom stereocenters. The molecule has 1 N–H and O–H groups in total. The van der Waals surface area contributed by atoms with E-state index in [-0.39, 0.29) is 18.1 Å². The molecule has 1 heterocycles. The Labute approximate surface area is 184 Å². The van der Waals surface area contributed by atoms with E-state index in [1.54, 1.807) is 30.5 Å². The summed E-state index contributed by atoms with van der Waals surface area (Å²) in [5.41, 5.74) is 3.11. The van der Waals surface area contributed by atoms with Crippen LogP contribution in [0.2, 0.25) is 5.02 Å². The zero-order valence-corrected chi connectivity index (χ0v) is 17.4. The van der Waals surface area contributed by atoms with Gasteiger partial charge < -0.3 is 10.1 Å². The van der Waals surface area contributed by atoms with E-state index in [2.05, 4.69) is 10.4 Å². The third kappa shape index (κ3) is 4.92. The summed E-state index contributed by atoms with van der Waals surface area (Å²) in [5.74, 6) is -0.481. The van der Waals surface area contributed by atoms with Crippen LogP contribution in [0.15, 0.2) is 79.0 Å². The molecular formula is C24H19ClFN3O2. The van der Waals surface area contributed by atoms with Crippen LogP contribution in [0.1, 0.15) is 21.6 Å². The predicted molar refractivity (Wildman–Crippen MR) is 118 cm³/mol. The summed E-state index contributed by atoms with van der Waals surface area (Å²) in [6, 6.07) is 20.7. The first kappa shape index (κ1) is 20.6. The maximum absolute atomic E-state index is 13.3. The van der Waals surface area contributed by atoms with Gasteiger partial charge in [0.25, 0.3) is 5.91 Å². The summed E-state index contributed by atoms with van der Waals surface area (Å²) in [5, 5.41) is 7.75. The SMILES string of the molecule is Cc1ccc(Cl)cc1NC(=O)c1nn(-c2ccc(F)cc2)cc1OCc1ccccc1. The van der Waals surface area contributed by atoms with Crippen molar-refractivity contribution in [2.24, 2.45) is 0 Å². The van der Waals surface area contributed by atoms with E-state index in [4.69, 9.17) is 16.3 Å². The van der Waals surface area contributed by atoms with E-state index in [9.17, 15) is 9.18 Å². The zero-order valence-electron chi connectivity index (χ0n) is 16.7. The van der Waals surface area contributed by atoms with Gasteiger partial charge >= 0.3 is 0 Å². The van der Waals surface area contributed by atoms with Gasteiger partial charge in [-0.1, -0.05) is 48.0 Å². The Morgan fingerprint density at radius 2 is 1.84 bits per heavy atom. The molecule has 156 valence electrons. The van der Waals surface area contributed by atoms with E-state index >= 15 is 0 Å². The fourth-order valence-electron chi connectivity index (χ4n) is 2.99. The summed E-state index contributed by atoms with van der Waals surface area (Å²) in [4.78, 5) is 13.0. The second-order valence-electron chi connectivity index (χ2n) is 6.95. The molecule has 0 aliphatic heterocycles. The molecule has 0 bridgehead atoms. The summed E-state index contributed by atoms with van der Waals surface area (Å²) in [6.07, 6.45) is 1.61. The molecule has 0 radical (unpaired) electrons. The Bertz CT molecular complexity index is 1210. The van der Waals surface area contributed by atoms with Crippen LogP contribution in [0.5, 0.6) is 5.75 Å². The summed E-state index contributed by atoms with van der Waals surface area (Å²) in [6.45, 7) is 2.14. The highest BCUT2D eigenvalue weighted by atomic mass is 35.5. The van der Waals surface area contributed by atoms with Crippen LogP contribution in [0, 0.1) is 12.7 Å². The number of aromatic nitrogens is 2. The van der Waals surface area contributed by atoms with Gasteiger partial charge in [0.1, 0.15) is 12.4 Å². The first-order valence-corrected chi connectivity index (χ1v) is 9.97. The Kier molecular flexibility index (Phi) is 6.00. The molecular weight excluding hydrogens is 417 g/mol. The molecule has 5 nitrogen and oxygen atoms in total. The molecule has 0 atom stereocenters. The van der Waals surface area contributed by atoms with Crippen molar-refractivity contribution in [2.75, 3.05) is 5.32 Å². The predicted octanol–water partition coefficient (Wildman–Crippen LogP) is 5.80. The van der Waals surface area contributed by atoms with Gasteiger partial charge in [0.15, 0.2) is 11.4 Å². The summed E-state index contributed by atoms with van der Waals surface area (Å²) in [7, 11) is 0. The normalized spacial score (nSPS) is 10.7. The van der Waals surface area contributed by atoms with Crippen molar-refractivity contribution >= 4 is 23.2 Å². The van der Waals surface area contributed by atoms with E-state index in [1.807, 2.05) is 43.3 Å². The minimum absolute atomic E-state index is 0.111. The smallest absolute Gasteiger partial charge is 0.280 e. The van der Waals surface area contributed by atoms with Crippen LogP contribution in [-0.2, 0) is 6.61 Å². The van der Waals surface area contributed by atoms with Crippen molar-refractivity contribution in [1.82, 2.24) is 9.78 Å². The van der Waals surface area contributed by atoms with E-state index in [1.165, 1.54) is 16.8 Å².